The van der Waals surface area contributed by atoms with Crippen molar-refractivity contribution in [2.24, 2.45) is 4.99 Å². The molecule has 0 bridgehead atoms. The summed E-state index contributed by atoms with van der Waals surface area (Å²) >= 11 is 7.31. The van der Waals surface area contributed by atoms with Gasteiger partial charge in [0.15, 0.2) is 11.5 Å². The molecular weight excluding hydrogens is 508 g/mol. The van der Waals surface area contributed by atoms with Gasteiger partial charge in [-0.1, -0.05) is 23.7 Å². The molecule has 3 aromatic heterocycles. The van der Waals surface area contributed by atoms with Crippen LogP contribution in [0.4, 0.5) is 31.1 Å². The van der Waals surface area contributed by atoms with Crippen LogP contribution >= 0.6 is 23.1 Å². The second kappa shape index (κ2) is 9.99. The second-order valence-electron chi connectivity index (χ2n) is 7.90. The number of hydrogen-bond acceptors (Lipinski definition) is 8. The molecule has 0 saturated heterocycles. The maximum absolute atomic E-state index is 13.1. The van der Waals surface area contributed by atoms with E-state index >= 15 is 0 Å². The lowest BCUT2D eigenvalue weighted by Crippen LogP contribution is -2.27. The summed E-state index contributed by atoms with van der Waals surface area (Å²) in [7, 11) is 0. The molecule has 0 spiro atoms. The summed E-state index contributed by atoms with van der Waals surface area (Å²) in [6.07, 6.45) is -1.22. The third-order valence-corrected chi connectivity index (χ3v) is 6.22. The topological polar surface area (TPSA) is 112 Å². The van der Waals surface area contributed by atoms with Crippen LogP contribution in [0.25, 0.3) is 11.2 Å². The van der Waals surface area contributed by atoms with E-state index in [0.717, 1.165) is 11.3 Å². The minimum atomic E-state index is -2.56. The lowest BCUT2D eigenvalue weighted by atomic mass is 10.2. The number of aromatic nitrogens is 6. The summed E-state index contributed by atoms with van der Waals surface area (Å²) < 4.78 is 33.4. The van der Waals surface area contributed by atoms with Gasteiger partial charge in [-0.3, -0.25) is 4.57 Å². The van der Waals surface area contributed by atoms with Gasteiger partial charge in [-0.05, 0) is 48.9 Å². The van der Waals surface area contributed by atoms with E-state index < -0.39 is 13.0 Å². The second-order valence-corrected chi connectivity index (χ2v) is 9.09. The Morgan fingerprint density at radius 1 is 1.11 bits per heavy atom. The molecule has 2 aromatic carbocycles. The van der Waals surface area contributed by atoms with Gasteiger partial charge in [0, 0.05) is 22.2 Å². The predicted octanol–water partition coefficient (Wildman–Crippen LogP) is 4.92. The highest BCUT2D eigenvalue weighted by Gasteiger charge is 2.16. The molecule has 5 rings (SSSR count). The standard InChI is InChI=1S/C23H20ClF2N9S/c1-13-29-23(36-33-13)31-17-8-6-16(7-9-17)30-22-32-20(27)19-21(28-12-34(19)11-18(25)26)35(22)10-14-2-4-15(24)5-3-14/h2-9,12,18H,10-11H2,1H3,(H2,27,30,32)(H,29,31,33). The Kier molecular flexibility index (Phi) is 6.61. The monoisotopic (exact) mass is 527 g/mol. The number of nitrogen functional groups attached to an aromatic ring is 1. The average Bonchev–Trinajstić information content (AvgIpc) is 3.45. The van der Waals surface area contributed by atoms with Crippen molar-refractivity contribution in [3.05, 3.63) is 76.9 Å². The zero-order chi connectivity index (χ0) is 25.2. The highest BCUT2D eigenvalue weighted by atomic mass is 35.5. The molecule has 0 saturated carbocycles. The summed E-state index contributed by atoms with van der Waals surface area (Å²) in [5.74, 6) is 0.772. The highest BCUT2D eigenvalue weighted by molar-refractivity contribution is 7.09. The molecule has 3 N–H and O–H groups in total. The number of hydrogen-bond donors (Lipinski definition) is 2. The first kappa shape index (κ1) is 23.8. The third-order valence-electron chi connectivity index (χ3n) is 5.24. The maximum atomic E-state index is 13.1. The maximum Gasteiger partial charge on any atom is 0.256 e. The van der Waals surface area contributed by atoms with Crippen LogP contribution in [0, 0.1) is 6.92 Å². The van der Waals surface area contributed by atoms with E-state index in [2.05, 4.69) is 29.6 Å². The average molecular weight is 528 g/mol. The SMILES string of the molecule is Cc1nsc(Nc2ccc(N=c3nc(N)c4c(ncn4CC(F)F)n3Cc3ccc(Cl)cc3)cc2)n1. The number of halogens is 3. The van der Waals surface area contributed by atoms with Gasteiger partial charge >= 0.3 is 0 Å². The summed E-state index contributed by atoms with van der Waals surface area (Å²) in [5, 5.41) is 4.49. The lowest BCUT2D eigenvalue weighted by Gasteiger charge is -2.12. The molecule has 0 aliphatic carbocycles. The van der Waals surface area contributed by atoms with Crippen LogP contribution in [0.2, 0.25) is 5.02 Å². The van der Waals surface area contributed by atoms with E-state index in [9.17, 15) is 8.78 Å². The van der Waals surface area contributed by atoms with Crippen LogP contribution in [0.15, 0.2) is 59.9 Å². The van der Waals surface area contributed by atoms with Crippen molar-refractivity contribution in [1.29, 1.82) is 0 Å². The Hall–Kier alpha value is -3.90. The summed E-state index contributed by atoms with van der Waals surface area (Å²) in [6, 6.07) is 14.6. The molecule has 184 valence electrons. The molecule has 13 heteroatoms. The van der Waals surface area contributed by atoms with Gasteiger partial charge in [0.1, 0.15) is 11.3 Å². The molecule has 5 aromatic rings. The Labute approximate surface area is 213 Å². The molecule has 0 aliphatic heterocycles. The Morgan fingerprint density at radius 3 is 2.53 bits per heavy atom. The van der Waals surface area contributed by atoms with Crippen molar-refractivity contribution in [3.8, 4) is 0 Å². The minimum absolute atomic E-state index is 0.0687. The van der Waals surface area contributed by atoms with Crippen molar-refractivity contribution < 1.29 is 8.78 Å². The Balaban J connectivity index is 1.57. The number of nitrogens with zero attached hydrogens (tertiary/aromatic N) is 7. The fraction of sp³-hybridized carbons (Fsp3) is 0.174. The number of imidazole rings is 1. The quantitative estimate of drug-likeness (QED) is 0.311. The van der Waals surface area contributed by atoms with E-state index in [1.54, 1.807) is 16.7 Å². The van der Waals surface area contributed by atoms with Crippen LogP contribution in [0.5, 0.6) is 0 Å². The van der Waals surface area contributed by atoms with Gasteiger partial charge in [0.25, 0.3) is 6.43 Å². The van der Waals surface area contributed by atoms with Crippen LogP contribution in [-0.2, 0) is 13.1 Å². The third kappa shape index (κ3) is 5.19. The van der Waals surface area contributed by atoms with E-state index in [4.69, 9.17) is 17.3 Å². The Bertz CT molecular complexity index is 1570. The molecule has 0 fully saturated rings. The molecule has 0 atom stereocenters. The zero-order valence-electron chi connectivity index (χ0n) is 18.9. The van der Waals surface area contributed by atoms with Gasteiger partial charge in [-0.2, -0.15) is 9.36 Å². The fourth-order valence-corrected chi connectivity index (χ4v) is 4.37. The first-order valence-electron chi connectivity index (χ1n) is 10.8. The van der Waals surface area contributed by atoms with Gasteiger partial charge in [-0.25, -0.2) is 23.7 Å². The lowest BCUT2D eigenvalue weighted by molar-refractivity contribution is 0.128. The number of nitrogens with one attached hydrogen (secondary N) is 1. The van der Waals surface area contributed by atoms with E-state index in [1.807, 2.05) is 43.3 Å². The molecule has 0 radical (unpaired) electrons. The normalized spacial score (nSPS) is 12.1. The van der Waals surface area contributed by atoms with Crippen LogP contribution < -0.4 is 16.7 Å². The van der Waals surface area contributed by atoms with Crippen molar-refractivity contribution in [2.75, 3.05) is 11.1 Å². The largest absolute Gasteiger partial charge is 0.382 e. The van der Waals surface area contributed by atoms with Gasteiger partial charge in [0.2, 0.25) is 10.7 Å². The van der Waals surface area contributed by atoms with Gasteiger partial charge in [0.05, 0.1) is 25.1 Å². The highest BCUT2D eigenvalue weighted by Crippen LogP contribution is 2.23. The zero-order valence-corrected chi connectivity index (χ0v) is 20.5. The molecular formula is C23H20ClF2N9S. The van der Waals surface area contributed by atoms with Gasteiger partial charge in [-0.15, -0.1) is 0 Å². The molecule has 36 heavy (non-hydrogen) atoms. The number of benzene rings is 2. The Morgan fingerprint density at radius 2 is 1.86 bits per heavy atom. The smallest absolute Gasteiger partial charge is 0.256 e. The summed E-state index contributed by atoms with van der Waals surface area (Å²) in [6.45, 7) is 1.62. The van der Waals surface area contributed by atoms with Crippen molar-refractivity contribution in [3.63, 3.8) is 0 Å². The van der Waals surface area contributed by atoms with Crippen LogP contribution in [0.3, 0.4) is 0 Å². The number of anilines is 3. The van der Waals surface area contributed by atoms with Crippen molar-refractivity contribution in [2.45, 2.75) is 26.4 Å². The van der Waals surface area contributed by atoms with Gasteiger partial charge < -0.3 is 15.6 Å². The van der Waals surface area contributed by atoms with E-state index in [0.29, 0.717) is 39.4 Å². The van der Waals surface area contributed by atoms with Crippen LogP contribution in [0.1, 0.15) is 11.4 Å². The molecule has 0 amide bonds. The van der Waals surface area contributed by atoms with Crippen molar-refractivity contribution >= 4 is 56.6 Å². The number of alkyl halides is 2. The molecule has 0 unspecified atom stereocenters. The molecule has 0 aliphatic rings. The summed E-state index contributed by atoms with van der Waals surface area (Å²) in [4.78, 5) is 17.8. The number of aryl methyl sites for hydroxylation is 1. The van der Waals surface area contributed by atoms with E-state index in [1.165, 1.54) is 22.4 Å². The van der Waals surface area contributed by atoms with E-state index in [-0.39, 0.29) is 11.4 Å². The predicted molar refractivity (Wildman–Crippen MR) is 136 cm³/mol. The van der Waals surface area contributed by atoms with Crippen molar-refractivity contribution in [1.82, 2.24) is 28.5 Å². The number of rotatable bonds is 7. The first-order chi connectivity index (χ1) is 17.4. The molecule has 9 nitrogen and oxygen atoms in total. The number of fused-ring (bicyclic) bond motifs is 1. The number of nitrogens with two attached hydrogens (primary N) is 1. The first-order valence-corrected chi connectivity index (χ1v) is 12.0. The molecule has 3 heterocycles. The minimum Gasteiger partial charge on any atom is -0.382 e. The fourth-order valence-electron chi connectivity index (χ4n) is 3.64. The van der Waals surface area contributed by atoms with Crippen LogP contribution in [-0.4, -0.2) is 34.9 Å². The summed E-state index contributed by atoms with van der Waals surface area (Å²) in [5.41, 5.74) is 9.57.